The zero-order valence-electron chi connectivity index (χ0n) is 12.8. The fourth-order valence-electron chi connectivity index (χ4n) is 1.000. The summed E-state index contributed by atoms with van der Waals surface area (Å²) in [4.78, 5) is 12.0. The number of aromatic nitrogens is 3. The first-order valence-corrected chi connectivity index (χ1v) is 4.06. The summed E-state index contributed by atoms with van der Waals surface area (Å²) in [5, 5.41) is 7.24. The quantitative estimate of drug-likeness (QED) is 0.684. The van der Waals surface area contributed by atoms with Gasteiger partial charge in [0.25, 0.3) is 5.56 Å². The molecule has 2 N–H and O–H groups in total. The first-order valence-electron chi connectivity index (χ1n) is 6.56. The van der Waals surface area contributed by atoms with Crippen molar-refractivity contribution in [3.63, 3.8) is 0 Å². The molecule has 0 saturated heterocycles. The molecule has 1 aromatic carbocycles. The SMILES string of the molecule is [2H]c1c([2H])c([2H])c(-c2nnc(C)n(N)c2=O)c([2H])c1[2H]. The third-order valence-electron chi connectivity index (χ3n) is 1.80. The van der Waals surface area contributed by atoms with E-state index in [0.29, 0.717) is 4.68 Å². The second-order valence-electron chi connectivity index (χ2n) is 2.77. The molecule has 0 aliphatic heterocycles. The van der Waals surface area contributed by atoms with Crippen molar-refractivity contribution in [2.45, 2.75) is 6.92 Å². The summed E-state index contributed by atoms with van der Waals surface area (Å²) in [6.45, 7) is 1.46. The molecule has 1 aromatic heterocycles. The summed E-state index contributed by atoms with van der Waals surface area (Å²) in [5.41, 5.74) is -1.47. The number of hydrogen-bond acceptors (Lipinski definition) is 4. The second-order valence-corrected chi connectivity index (χ2v) is 2.77. The molecule has 76 valence electrons. The van der Waals surface area contributed by atoms with Gasteiger partial charge in [-0.05, 0) is 6.92 Å². The Morgan fingerprint density at radius 3 is 2.67 bits per heavy atom. The Bertz CT molecular complexity index is 744. The van der Waals surface area contributed by atoms with E-state index in [1.165, 1.54) is 6.92 Å². The third kappa shape index (κ3) is 1.59. The monoisotopic (exact) mass is 207 g/mol. The number of hydrogen-bond donors (Lipinski definition) is 1. The zero-order valence-corrected chi connectivity index (χ0v) is 7.83. The third-order valence-corrected chi connectivity index (χ3v) is 1.80. The topological polar surface area (TPSA) is 73.8 Å². The number of nitrogens with two attached hydrogens (primary N) is 1. The van der Waals surface area contributed by atoms with E-state index >= 15 is 0 Å². The molecule has 2 rings (SSSR count). The van der Waals surface area contributed by atoms with Gasteiger partial charge in [0, 0.05) is 5.56 Å². The lowest BCUT2D eigenvalue weighted by Crippen LogP contribution is -2.32. The first kappa shape index (κ1) is 5.06. The lowest BCUT2D eigenvalue weighted by Gasteiger charge is -2.03. The molecule has 0 bridgehead atoms. The minimum absolute atomic E-state index is 0.145. The summed E-state index contributed by atoms with van der Waals surface area (Å²) < 4.78 is 38.8. The number of nitrogens with zero attached hydrogens (tertiary/aromatic N) is 3. The summed E-state index contributed by atoms with van der Waals surface area (Å²) in [6.07, 6.45) is 0. The second kappa shape index (κ2) is 3.53. The van der Waals surface area contributed by atoms with Gasteiger partial charge in [-0.2, -0.15) is 0 Å². The van der Waals surface area contributed by atoms with Gasteiger partial charge in [0.1, 0.15) is 0 Å². The maximum absolute atomic E-state index is 12.0. The molecule has 0 atom stereocenters. The highest BCUT2D eigenvalue weighted by Gasteiger charge is 2.08. The maximum atomic E-state index is 12.0. The average Bonchev–Trinajstić information content (AvgIpc) is 2.43. The molecule has 0 unspecified atom stereocenters. The van der Waals surface area contributed by atoms with Crippen molar-refractivity contribution < 1.29 is 6.85 Å². The predicted octanol–water partition coefficient (Wildman–Crippen LogP) is 0.328. The van der Waals surface area contributed by atoms with Gasteiger partial charge in [-0.1, -0.05) is 30.2 Å². The predicted molar refractivity (Wildman–Crippen MR) is 56.6 cm³/mol. The van der Waals surface area contributed by atoms with Crippen LogP contribution in [0.2, 0.25) is 0 Å². The largest absolute Gasteiger partial charge is 0.335 e. The number of nitrogen functional groups attached to an aromatic ring is 1. The molecule has 0 saturated carbocycles. The van der Waals surface area contributed by atoms with Crippen molar-refractivity contribution in [3.05, 3.63) is 46.4 Å². The molecular weight excluding hydrogens is 192 g/mol. The average molecular weight is 207 g/mol. The van der Waals surface area contributed by atoms with Gasteiger partial charge in [0.05, 0.1) is 6.85 Å². The van der Waals surface area contributed by atoms with Crippen molar-refractivity contribution in [3.8, 4) is 11.3 Å². The van der Waals surface area contributed by atoms with Gasteiger partial charge in [0.15, 0.2) is 11.5 Å². The van der Waals surface area contributed by atoms with Crippen LogP contribution in [-0.2, 0) is 0 Å². The van der Waals surface area contributed by atoms with Crippen LogP contribution in [0.1, 0.15) is 12.7 Å². The molecule has 5 nitrogen and oxygen atoms in total. The van der Waals surface area contributed by atoms with Crippen LogP contribution in [0.4, 0.5) is 0 Å². The van der Waals surface area contributed by atoms with E-state index in [9.17, 15) is 4.79 Å². The van der Waals surface area contributed by atoms with Crippen LogP contribution >= 0.6 is 0 Å². The molecule has 0 amide bonds. The fourth-order valence-corrected chi connectivity index (χ4v) is 1.000. The zero-order chi connectivity index (χ0) is 15.2. The fraction of sp³-hybridized carbons (Fsp3) is 0.100. The summed E-state index contributed by atoms with van der Waals surface area (Å²) >= 11 is 0. The van der Waals surface area contributed by atoms with E-state index < -0.39 is 35.8 Å². The molecular formula is C10H10N4O. The van der Waals surface area contributed by atoms with Crippen molar-refractivity contribution >= 4 is 0 Å². The molecule has 0 aliphatic rings. The van der Waals surface area contributed by atoms with Crippen LogP contribution in [0.25, 0.3) is 11.3 Å². The van der Waals surface area contributed by atoms with Gasteiger partial charge in [0.2, 0.25) is 0 Å². The molecule has 5 heteroatoms. The van der Waals surface area contributed by atoms with Gasteiger partial charge in [-0.3, -0.25) is 4.79 Å². The lowest BCUT2D eigenvalue weighted by molar-refractivity contribution is 0.774. The summed E-state index contributed by atoms with van der Waals surface area (Å²) in [7, 11) is 0. The molecule has 1 heterocycles. The van der Waals surface area contributed by atoms with Crippen LogP contribution in [-0.4, -0.2) is 14.9 Å². The highest BCUT2D eigenvalue weighted by molar-refractivity contribution is 5.56. The summed E-state index contributed by atoms with van der Waals surface area (Å²) in [6, 6.07) is -2.69. The first-order chi connectivity index (χ1) is 9.27. The normalized spacial score (nSPS) is 14.9. The van der Waals surface area contributed by atoms with Gasteiger partial charge in [-0.25, -0.2) is 4.68 Å². The molecule has 0 aliphatic carbocycles. The van der Waals surface area contributed by atoms with Crippen molar-refractivity contribution in [2.75, 3.05) is 5.84 Å². The van der Waals surface area contributed by atoms with Crippen LogP contribution in [0.15, 0.2) is 35.0 Å². The Kier molecular flexibility index (Phi) is 1.19. The van der Waals surface area contributed by atoms with Crippen molar-refractivity contribution in [2.24, 2.45) is 0 Å². The van der Waals surface area contributed by atoms with E-state index in [2.05, 4.69) is 10.2 Å². The lowest BCUT2D eigenvalue weighted by atomic mass is 10.2. The Hall–Kier alpha value is -2.17. The Morgan fingerprint density at radius 1 is 1.33 bits per heavy atom. The van der Waals surface area contributed by atoms with Gasteiger partial charge < -0.3 is 5.84 Å². The standard InChI is InChI=1S/C10H10N4O/c1-7-12-13-9(10(15)14(7)11)8-5-3-2-4-6-8/h2-6H,11H2,1H3/i2D,3D,4D,5D,6D. The molecule has 0 spiro atoms. The number of benzene rings is 1. The molecule has 15 heavy (non-hydrogen) atoms. The number of aryl methyl sites for hydroxylation is 1. The smallest absolute Gasteiger partial charge is 0.298 e. The Morgan fingerprint density at radius 2 is 2.00 bits per heavy atom. The van der Waals surface area contributed by atoms with Gasteiger partial charge >= 0.3 is 0 Å². The molecule has 2 aromatic rings. The summed E-state index contributed by atoms with van der Waals surface area (Å²) in [5.74, 6) is 5.62. The maximum Gasteiger partial charge on any atom is 0.298 e. The van der Waals surface area contributed by atoms with Crippen LogP contribution in [0, 0.1) is 6.92 Å². The Balaban J connectivity index is 2.91. The van der Waals surface area contributed by atoms with Crippen LogP contribution in [0.3, 0.4) is 0 Å². The molecule has 0 radical (unpaired) electrons. The molecule has 0 fully saturated rings. The van der Waals surface area contributed by atoms with Gasteiger partial charge in [-0.15, -0.1) is 10.2 Å². The highest BCUT2D eigenvalue weighted by Crippen LogP contribution is 2.10. The highest BCUT2D eigenvalue weighted by atomic mass is 16.1. The number of rotatable bonds is 1. The minimum Gasteiger partial charge on any atom is -0.335 e. The van der Waals surface area contributed by atoms with Crippen LogP contribution in [0.5, 0.6) is 0 Å². The van der Waals surface area contributed by atoms with Crippen molar-refractivity contribution in [1.82, 2.24) is 14.9 Å². The van der Waals surface area contributed by atoms with E-state index in [4.69, 9.17) is 12.7 Å². The van der Waals surface area contributed by atoms with Crippen LogP contribution < -0.4 is 11.4 Å². The van der Waals surface area contributed by atoms with E-state index in [1.54, 1.807) is 0 Å². The van der Waals surface area contributed by atoms with E-state index in [0.717, 1.165) is 0 Å². The van der Waals surface area contributed by atoms with E-state index in [-0.39, 0.29) is 17.1 Å². The Labute approximate surface area is 93.2 Å². The minimum atomic E-state index is -0.781. The van der Waals surface area contributed by atoms with Crippen molar-refractivity contribution in [1.29, 1.82) is 0 Å². The van der Waals surface area contributed by atoms with E-state index in [1.807, 2.05) is 0 Å².